The Bertz CT molecular complexity index is 3510. The molecule has 10 aromatic rings. The highest BCUT2D eigenvalue weighted by atomic mass is 32.2. The minimum absolute atomic E-state index is 0.202. The average Bonchev–Trinajstić information content (AvgIpc) is 4.00. The summed E-state index contributed by atoms with van der Waals surface area (Å²) in [6.45, 7) is 2.46. The first-order valence-corrected chi connectivity index (χ1v) is 22.5. The third-order valence-corrected chi connectivity index (χ3v) is 14.8. The van der Waals surface area contributed by atoms with Gasteiger partial charge >= 0.3 is 0 Å². The van der Waals surface area contributed by atoms with E-state index in [2.05, 4.69) is 228 Å². The van der Waals surface area contributed by atoms with Crippen molar-refractivity contribution in [3.8, 4) is 16.8 Å². The molecule has 1 aromatic heterocycles. The molecule has 0 saturated heterocycles. The van der Waals surface area contributed by atoms with E-state index >= 15 is 0 Å². The van der Waals surface area contributed by atoms with Crippen molar-refractivity contribution in [2.75, 3.05) is 10.2 Å². The summed E-state index contributed by atoms with van der Waals surface area (Å²) >= 11 is 1.91. The van der Waals surface area contributed by atoms with Gasteiger partial charge in [0.1, 0.15) is 5.37 Å². The summed E-state index contributed by atoms with van der Waals surface area (Å²) in [5.41, 5.74) is 16.2. The van der Waals surface area contributed by atoms with Gasteiger partial charge < -0.3 is 14.8 Å². The minimum Gasteiger partial charge on any atom is -0.368 e. The zero-order valence-electron chi connectivity index (χ0n) is 34.2. The summed E-state index contributed by atoms with van der Waals surface area (Å²) in [4.78, 5) is 3.80. The lowest BCUT2D eigenvalue weighted by atomic mass is 9.72. The Morgan fingerprint density at radius 2 is 1.23 bits per heavy atom. The zero-order valence-corrected chi connectivity index (χ0v) is 35.0. The van der Waals surface area contributed by atoms with Gasteiger partial charge in [-0.1, -0.05) is 145 Å². The van der Waals surface area contributed by atoms with Crippen LogP contribution in [0.25, 0.3) is 65.7 Å². The molecule has 13 rings (SSSR count). The fraction of sp³-hybridized carbons (Fsp3) is 0.0690. The molecular formula is C58H41N3S. The Balaban J connectivity index is 0.906. The number of aromatic nitrogens is 1. The normalized spacial score (nSPS) is 17.8. The Kier molecular flexibility index (Phi) is 7.79. The van der Waals surface area contributed by atoms with Gasteiger partial charge in [-0.15, -0.1) is 0 Å². The van der Waals surface area contributed by atoms with Gasteiger partial charge in [-0.25, -0.2) is 0 Å². The molecule has 0 bridgehead atoms. The Morgan fingerprint density at radius 1 is 0.548 bits per heavy atom. The standard InChI is InChI=1S/C58H41N3S/c1-58-36-43(40-24-29-51-48(34-40)47-19-11-12-20-50(47)60(51)44-15-7-3-8-16-44)27-32-54(58)61(45-17-9-4-10-18-45)52-30-25-41(35-49(52)58)39-23-28-46-42(33-39)22-21-37-26-31-53-56(55(37)46)59-57(62-53)38-13-5-2-6-14-38/h2-35,57,59H,36H2,1H3. The Hall–Kier alpha value is -7.27. The maximum Gasteiger partial charge on any atom is 0.103 e. The van der Waals surface area contributed by atoms with E-state index in [1.54, 1.807) is 0 Å². The molecule has 1 N–H and O–H groups in total. The molecule has 1 aliphatic carbocycles. The highest BCUT2D eigenvalue weighted by Gasteiger charge is 2.46. The highest BCUT2D eigenvalue weighted by molar-refractivity contribution is 8.00. The second kappa shape index (κ2) is 13.6. The molecule has 3 nitrogen and oxygen atoms in total. The summed E-state index contributed by atoms with van der Waals surface area (Å²) in [6, 6.07) is 71.6. The van der Waals surface area contributed by atoms with Crippen LogP contribution >= 0.6 is 11.8 Å². The topological polar surface area (TPSA) is 20.2 Å². The molecule has 3 aliphatic rings. The number of fused-ring (bicyclic) bond motifs is 11. The number of anilines is 3. The number of hydrogen-bond acceptors (Lipinski definition) is 3. The van der Waals surface area contributed by atoms with Crippen LogP contribution in [0.5, 0.6) is 0 Å². The van der Waals surface area contributed by atoms with E-state index in [-0.39, 0.29) is 10.8 Å². The molecule has 9 aromatic carbocycles. The molecule has 294 valence electrons. The quantitative estimate of drug-likeness (QED) is 0.175. The van der Waals surface area contributed by atoms with Crippen molar-refractivity contribution in [2.24, 2.45) is 0 Å². The number of rotatable bonds is 5. The molecular weight excluding hydrogens is 771 g/mol. The first-order chi connectivity index (χ1) is 30.6. The van der Waals surface area contributed by atoms with Crippen LogP contribution in [0.4, 0.5) is 17.1 Å². The van der Waals surface area contributed by atoms with Crippen LogP contribution in [0.15, 0.2) is 217 Å². The van der Waals surface area contributed by atoms with E-state index in [0.29, 0.717) is 0 Å². The van der Waals surface area contributed by atoms with E-state index in [0.717, 1.165) is 6.42 Å². The van der Waals surface area contributed by atoms with Crippen LogP contribution in [0.2, 0.25) is 0 Å². The van der Waals surface area contributed by atoms with Crippen molar-refractivity contribution < 1.29 is 0 Å². The van der Waals surface area contributed by atoms with E-state index in [4.69, 9.17) is 0 Å². The van der Waals surface area contributed by atoms with Crippen molar-refractivity contribution in [3.63, 3.8) is 0 Å². The first kappa shape index (κ1) is 35.5. The van der Waals surface area contributed by atoms with Gasteiger partial charge in [-0.05, 0) is 136 Å². The second-order valence-corrected chi connectivity index (χ2v) is 18.3. The summed E-state index contributed by atoms with van der Waals surface area (Å²) in [5.74, 6) is 0. The maximum atomic E-state index is 3.90. The molecule has 2 aliphatic heterocycles. The van der Waals surface area contributed by atoms with Gasteiger partial charge in [0.25, 0.3) is 0 Å². The fourth-order valence-corrected chi connectivity index (χ4v) is 11.8. The summed E-state index contributed by atoms with van der Waals surface area (Å²) in [7, 11) is 0. The van der Waals surface area contributed by atoms with Crippen LogP contribution in [0, 0.1) is 0 Å². The molecule has 0 radical (unpaired) electrons. The molecule has 3 heterocycles. The van der Waals surface area contributed by atoms with E-state index in [1.165, 1.54) is 110 Å². The zero-order chi connectivity index (χ0) is 40.9. The number of hydrogen-bond donors (Lipinski definition) is 1. The van der Waals surface area contributed by atoms with Gasteiger partial charge in [0.05, 0.1) is 22.4 Å². The van der Waals surface area contributed by atoms with Crippen LogP contribution in [0.1, 0.15) is 35.4 Å². The van der Waals surface area contributed by atoms with E-state index in [9.17, 15) is 0 Å². The van der Waals surface area contributed by atoms with E-state index < -0.39 is 0 Å². The van der Waals surface area contributed by atoms with Crippen molar-refractivity contribution >= 4 is 77.7 Å². The van der Waals surface area contributed by atoms with Crippen molar-refractivity contribution in [3.05, 3.63) is 229 Å². The predicted octanol–water partition coefficient (Wildman–Crippen LogP) is 15.8. The highest BCUT2D eigenvalue weighted by Crippen LogP contribution is 2.57. The molecule has 0 amide bonds. The van der Waals surface area contributed by atoms with Crippen LogP contribution < -0.4 is 10.2 Å². The molecule has 0 spiro atoms. The number of nitrogens with one attached hydrogen (secondary N) is 1. The number of allylic oxidation sites excluding steroid dienone is 4. The lowest BCUT2D eigenvalue weighted by Crippen LogP contribution is -2.28. The number of nitrogens with zero attached hydrogens (tertiary/aromatic N) is 2. The summed E-state index contributed by atoms with van der Waals surface area (Å²) < 4.78 is 2.40. The largest absolute Gasteiger partial charge is 0.368 e. The lowest BCUT2D eigenvalue weighted by molar-refractivity contribution is 0.586. The Labute approximate surface area is 365 Å². The molecule has 0 saturated carbocycles. The fourth-order valence-electron chi connectivity index (χ4n) is 10.6. The van der Waals surface area contributed by atoms with Crippen molar-refractivity contribution in [2.45, 2.75) is 29.0 Å². The Morgan fingerprint density at radius 3 is 2.06 bits per heavy atom. The van der Waals surface area contributed by atoms with Gasteiger partial charge in [0, 0.05) is 43.5 Å². The minimum atomic E-state index is -0.246. The molecule has 0 fully saturated rings. The summed E-state index contributed by atoms with van der Waals surface area (Å²) in [6.07, 6.45) is 5.65. The van der Waals surface area contributed by atoms with Crippen molar-refractivity contribution in [1.82, 2.24) is 4.57 Å². The molecule has 2 unspecified atom stereocenters. The maximum absolute atomic E-state index is 3.90. The number of thioether (sulfide) groups is 1. The predicted molar refractivity (Wildman–Crippen MR) is 263 cm³/mol. The smallest absolute Gasteiger partial charge is 0.103 e. The number of para-hydroxylation sites is 3. The van der Waals surface area contributed by atoms with Crippen LogP contribution in [-0.4, -0.2) is 4.57 Å². The van der Waals surface area contributed by atoms with Gasteiger partial charge in [0.2, 0.25) is 0 Å². The lowest BCUT2D eigenvalue weighted by Gasteiger charge is -2.34. The van der Waals surface area contributed by atoms with Crippen molar-refractivity contribution in [1.29, 1.82) is 0 Å². The van der Waals surface area contributed by atoms with E-state index in [1.807, 2.05) is 11.8 Å². The number of benzene rings is 9. The van der Waals surface area contributed by atoms with Crippen LogP contribution in [0.3, 0.4) is 0 Å². The van der Waals surface area contributed by atoms with Gasteiger partial charge in [-0.2, -0.15) is 0 Å². The molecule has 4 heteroatoms. The SMILES string of the molecule is CC12CC(c3ccc4c(c3)c3ccccc3n4-c3ccccc3)=CC=C1N(c1ccccc1)c1ccc(-c3ccc4c(ccc5ccc6c(c54)NC(c4ccccc4)S6)c3)cc12. The third kappa shape index (κ3) is 5.33. The second-order valence-electron chi connectivity index (χ2n) is 17.2. The average molecular weight is 812 g/mol. The molecule has 62 heavy (non-hydrogen) atoms. The van der Waals surface area contributed by atoms with Crippen LogP contribution in [-0.2, 0) is 5.41 Å². The van der Waals surface area contributed by atoms with Gasteiger partial charge in [0.15, 0.2) is 0 Å². The molecule has 2 atom stereocenters. The monoisotopic (exact) mass is 811 g/mol. The summed E-state index contributed by atoms with van der Waals surface area (Å²) in [5, 5.41) is 11.8. The first-order valence-electron chi connectivity index (χ1n) is 21.6. The van der Waals surface area contributed by atoms with Gasteiger partial charge in [-0.3, -0.25) is 0 Å². The third-order valence-electron chi connectivity index (χ3n) is 13.6.